The molecule has 0 unspecified atom stereocenters. The van der Waals surface area contributed by atoms with Gasteiger partial charge in [0.05, 0.1) is 18.4 Å². The quantitative estimate of drug-likeness (QED) is 0.821. The lowest BCUT2D eigenvalue weighted by Gasteiger charge is -2.16. The van der Waals surface area contributed by atoms with Gasteiger partial charge in [-0.2, -0.15) is 0 Å². The van der Waals surface area contributed by atoms with Crippen molar-refractivity contribution >= 4 is 10.0 Å². The van der Waals surface area contributed by atoms with Crippen molar-refractivity contribution in [2.75, 3.05) is 12.4 Å². The lowest BCUT2D eigenvalue weighted by atomic mass is 10.1. The van der Waals surface area contributed by atoms with Crippen LogP contribution in [0.5, 0.6) is 0 Å². The molecule has 0 bridgehead atoms. The van der Waals surface area contributed by atoms with E-state index >= 15 is 0 Å². The largest absolute Gasteiger partial charge is 0.394 e. The van der Waals surface area contributed by atoms with Gasteiger partial charge >= 0.3 is 0 Å². The highest BCUT2D eigenvalue weighted by molar-refractivity contribution is 7.89. The molecular weight excluding hydrogens is 286 g/mol. The van der Waals surface area contributed by atoms with Gasteiger partial charge in [-0.1, -0.05) is 60.7 Å². The van der Waals surface area contributed by atoms with Crippen LogP contribution in [0.4, 0.5) is 0 Å². The highest BCUT2D eigenvalue weighted by Gasteiger charge is 2.18. The number of aryl methyl sites for hydroxylation is 1. The normalized spacial score (nSPS) is 13.0. The summed E-state index contributed by atoms with van der Waals surface area (Å²) >= 11 is 0. The van der Waals surface area contributed by atoms with E-state index in [0.717, 1.165) is 11.1 Å². The molecule has 112 valence electrons. The first kappa shape index (κ1) is 15.7. The average Bonchev–Trinajstić information content (AvgIpc) is 2.53. The second-order valence-corrected chi connectivity index (χ2v) is 6.69. The second kappa shape index (κ2) is 7.36. The van der Waals surface area contributed by atoms with Crippen molar-refractivity contribution in [3.05, 3.63) is 71.8 Å². The molecule has 2 N–H and O–H groups in total. The van der Waals surface area contributed by atoms with Gasteiger partial charge in [0.15, 0.2) is 0 Å². The summed E-state index contributed by atoms with van der Waals surface area (Å²) in [6.45, 7) is -0.269. The van der Waals surface area contributed by atoms with E-state index in [1.165, 1.54) is 0 Å². The van der Waals surface area contributed by atoms with Crippen LogP contribution in [0.15, 0.2) is 60.7 Å². The van der Waals surface area contributed by atoms with Gasteiger partial charge in [0, 0.05) is 0 Å². The molecule has 0 aromatic heterocycles. The first-order chi connectivity index (χ1) is 10.1. The standard InChI is InChI=1S/C16H19NO3S/c18-13-16(15-9-5-2-6-10-15)17-21(19,20)12-11-14-7-3-1-4-8-14/h1-10,16-18H,11-13H2/t16-/m1/s1. The Morgan fingerprint density at radius 2 is 1.52 bits per heavy atom. The van der Waals surface area contributed by atoms with Crippen LogP contribution in [0.25, 0.3) is 0 Å². The Balaban J connectivity index is 1.99. The molecule has 2 rings (SSSR count). The van der Waals surface area contributed by atoms with E-state index in [2.05, 4.69) is 4.72 Å². The Morgan fingerprint density at radius 3 is 2.10 bits per heavy atom. The molecule has 2 aromatic rings. The third kappa shape index (κ3) is 4.97. The summed E-state index contributed by atoms with van der Waals surface area (Å²) in [5.41, 5.74) is 1.73. The maximum absolute atomic E-state index is 12.1. The smallest absolute Gasteiger partial charge is 0.212 e. The highest BCUT2D eigenvalue weighted by Crippen LogP contribution is 2.13. The number of hydrogen-bond acceptors (Lipinski definition) is 3. The van der Waals surface area contributed by atoms with Crippen molar-refractivity contribution in [2.24, 2.45) is 0 Å². The van der Waals surface area contributed by atoms with E-state index in [1.54, 1.807) is 12.1 Å². The van der Waals surface area contributed by atoms with Crippen molar-refractivity contribution in [1.29, 1.82) is 0 Å². The Bertz CT molecular complexity index is 642. The molecule has 0 spiro atoms. The van der Waals surface area contributed by atoms with Gasteiger partial charge in [-0.15, -0.1) is 0 Å². The lowest BCUT2D eigenvalue weighted by molar-refractivity contribution is 0.259. The third-order valence-electron chi connectivity index (χ3n) is 3.21. The molecule has 1 atom stereocenters. The van der Waals surface area contributed by atoms with Crippen LogP contribution in [-0.2, 0) is 16.4 Å². The number of rotatable bonds is 7. The van der Waals surface area contributed by atoms with Gasteiger partial charge in [0.1, 0.15) is 0 Å². The summed E-state index contributed by atoms with van der Waals surface area (Å²) in [6, 6.07) is 17.9. The van der Waals surface area contributed by atoms with Crippen LogP contribution in [0, 0.1) is 0 Å². The Kier molecular flexibility index (Phi) is 5.50. The first-order valence-corrected chi connectivity index (χ1v) is 8.46. The fourth-order valence-corrected chi connectivity index (χ4v) is 3.34. The molecule has 0 heterocycles. The summed E-state index contributed by atoms with van der Waals surface area (Å²) in [5, 5.41) is 9.40. The van der Waals surface area contributed by atoms with Gasteiger partial charge in [0.2, 0.25) is 10.0 Å². The lowest BCUT2D eigenvalue weighted by Crippen LogP contribution is -2.33. The average molecular weight is 305 g/mol. The van der Waals surface area contributed by atoms with E-state index < -0.39 is 16.1 Å². The van der Waals surface area contributed by atoms with Crippen LogP contribution in [0.2, 0.25) is 0 Å². The monoisotopic (exact) mass is 305 g/mol. The number of aliphatic hydroxyl groups excluding tert-OH is 1. The fourth-order valence-electron chi connectivity index (χ4n) is 2.07. The molecular formula is C16H19NO3S. The molecule has 21 heavy (non-hydrogen) atoms. The minimum atomic E-state index is -3.45. The Hall–Kier alpha value is -1.69. The highest BCUT2D eigenvalue weighted by atomic mass is 32.2. The molecule has 0 aliphatic rings. The predicted molar refractivity (Wildman–Crippen MR) is 83.3 cm³/mol. The van der Waals surface area contributed by atoms with Crippen LogP contribution >= 0.6 is 0 Å². The zero-order valence-electron chi connectivity index (χ0n) is 11.6. The zero-order valence-corrected chi connectivity index (χ0v) is 12.5. The predicted octanol–water partition coefficient (Wildman–Crippen LogP) is 1.88. The minimum Gasteiger partial charge on any atom is -0.394 e. The van der Waals surface area contributed by atoms with E-state index in [4.69, 9.17) is 0 Å². The molecule has 0 saturated carbocycles. The van der Waals surface area contributed by atoms with Crippen LogP contribution in [0.3, 0.4) is 0 Å². The summed E-state index contributed by atoms with van der Waals surface area (Å²) in [5.74, 6) is 0.000344. The number of benzene rings is 2. The topological polar surface area (TPSA) is 66.4 Å². The molecule has 2 aromatic carbocycles. The maximum Gasteiger partial charge on any atom is 0.212 e. The van der Waals surface area contributed by atoms with E-state index in [-0.39, 0.29) is 12.4 Å². The molecule has 0 saturated heterocycles. The van der Waals surface area contributed by atoms with Crippen molar-refractivity contribution in [2.45, 2.75) is 12.5 Å². The maximum atomic E-state index is 12.1. The molecule has 0 radical (unpaired) electrons. The third-order valence-corrected chi connectivity index (χ3v) is 4.59. The first-order valence-electron chi connectivity index (χ1n) is 6.80. The van der Waals surface area contributed by atoms with Crippen LogP contribution in [0.1, 0.15) is 17.2 Å². The summed E-state index contributed by atoms with van der Waals surface area (Å²) in [7, 11) is -3.45. The number of hydrogen-bond donors (Lipinski definition) is 2. The fraction of sp³-hybridized carbons (Fsp3) is 0.250. The van der Waals surface area contributed by atoms with Crippen LogP contribution in [-0.4, -0.2) is 25.9 Å². The molecule has 5 heteroatoms. The summed E-state index contributed by atoms with van der Waals surface area (Å²) in [4.78, 5) is 0. The second-order valence-electron chi connectivity index (χ2n) is 4.82. The van der Waals surface area contributed by atoms with Crippen molar-refractivity contribution < 1.29 is 13.5 Å². The number of nitrogens with one attached hydrogen (secondary N) is 1. The van der Waals surface area contributed by atoms with Crippen molar-refractivity contribution in [3.63, 3.8) is 0 Å². The summed E-state index contributed by atoms with van der Waals surface area (Å²) < 4.78 is 26.8. The van der Waals surface area contributed by atoms with Crippen molar-refractivity contribution in [3.8, 4) is 0 Å². The SMILES string of the molecule is O=S(=O)(CCc1ccccc1)N[C@H](CO)c1ccccc1. The van der Waals surface area contributed by atoms with Gasteiger partial charge in [-0.25, -0.2) is 13.1 Å². The molecule has 0 amide bonds. The molecule has 0 aliphatic heterocycles. The molecule has 0 fully saturated rings. The van der Waals surface area contributed by atoms with E-state index in [9.17, 15) is 13.5 Å². The number of sulfonamides is 1. The van der Waals surface area contributed by atoms with Crippen LogP contribution < -0.4 is 4.72 Å². The number of aliphatic hydroxyl groups is 1. The summed E-state index contributed by atoms with van der Waals surface area (Å²) in [6.07, 6.45) is 0.448. The Morgan fingerprint density at radius 1 is 0.952 bits per heavy atom. The minimum absolute atomic E-state index is 0.000344. The zero-order chi connectivity index (χ0) is 15.1. The van der Waals surface area contributed by atoms with Gasteiger partial charge in [-0.05, 0) is 17.5 Å². The Labute approximate surface area is 125 Å². The molecule has 0 aliphatic carbocycles. The molecule has 4 nitrogen and oxygen atoms in total. The van der Waals surface area contributed by atoms with Crippen molar-refractivity contribution in [1.82, 2.24) is 4.72 Å². The van der Waals surface area contributed by atoms with E-state index in [0.29, 0.717) is 6.42 Å². The van der Waals surface area contributed by atoms with Gasteiger partial charge in [-0.3, -0.25) is 0 Å². The van der Waals surface area contributed by atoms with E-state index in [1.807, 2.05) is 48.5 Å². The van der Waals surface area contributed by atoms with Gasteiger partial charge in [0.25, 0.3) is 0 Å². The van der Waals surface area contributed by atoms with Gasteiger partial charge < -0.3 is 5.11 Å².